The Hall–Kier alpha value is -2.64. The van der Waals surface area contributed by atoms with Crippen LogP contribution in [0.4, 0.5) is 10.6 Å². The van der Waals surface area contributed by atoms with Crippen molar-refractivity contribution in [1.82, 2.24) is 30.0 Å². The summed E-state index contributed by atoms with van der Waals surface area (Å²) in [5.74, 6) is 1.79. The van der Waals surface area contributed by atoms with Crippen molar-refractivity contribution in [2.75, 3.05) is 18.4 Å². The Bertz CT molecular complexity index is 751. The lowest BCUT2D eigenvalue weighted by atomic mass is 10.4. The van der Waals surface area contributed by atoms with E-state index >= 15 is 0 Å². The first-order chi connectivity index (χ1) is 12.2. The minimum Gasteiger partial charge on any atom is -0.363 e. The average Bonchev–Trinajstić information content (AvgIpc) is 3.38. The number of fused-ring (bicyclic) bond motifs is 1. The van der Waals surface area contributed by atoms with Gasteiger partial charge in [0.05, 0.1) is 24.1 Å². The molecule has 0 unspecified atom stereocenters. The Labute approximate surface area is 146 Å². The predicted molar refractivity (Wildman–Crippen MR) is 93.2 cm³/mol. The molecule has 2 amide bonds. The van der Waals surface area contributed by atoms with Crippen molar-refractivity contribution in [2.24, 2.45) is 0 Å². The molecule has 1 fully saturated rings. The molecule has 1 aliphatic carbocycles. The minimum absolute atomic E-state index is 0.0582. The maximum atomic E-state index is 12.3. The Balaban J connectivity index is 1.38. The molecule has 3 heterocycles. The molecule has 1 aliphatic heterocycles. The molecule has 4 rings (SSSR count). The second kappa shape index (κ2) is 6.70. The molecule has 132 valence electrons. The molecule has 8 heteroatoms. The van der Waals surface area contributed by atoms with Crippen molar-refractivity contribution in [2.45, 2.75) is 45.3 Å². The number of aryl methyl sites for hydroxylation is 1. The van der Waals surface area contributed by atoms with Gasteiger partial charge < -0.3 is 20.1 Å². The van der Waals surface area contributed by atoms with Gasteiger partial charge in [-0.05, 0) is 31.9 Å². The van der Waals surface area contributed by atoms with Crippen molar-refractivity contribution in [3.05, 3.63) is 35.5 Å². The lowest BCUT2D eigenvalue weighted by Crippen LogP contribution is -2.42. The van der Waals surface area contributed by atoms with Crippen molar-refractivity contribution in [3.63, 3.8) is 0 Å². The molecule has 25 heavy (non-hydrogen) atoms. The highest BCUT2D eigenvalue weighted by Gasteiger charge is 2.27. The zero-order valence-corrected chi connectivity index (χ0v) is 14.4. The number of anilines is 1. The molecule has 2 aliphatic rings. The van der Waals surface area contributed by atoms with Crippen molar-refractivity contribution in [1.29, 1.82) is 0 Å². The van der Waals surface area contributed by atoms with Crippen LogP contribution >= 0.6 is 0 Å². The van der Waals surface area contributed by atoms with Gasteiger partial charge in [0.25, 0.3) is 0 Å². The summed E-state index contributed by atoms with van der Waals surface area (Å²) in [4.78, 5) is 18.7. The Kier molecular flexibility index (Phi) is 4.25. The average molecular weight is 341 g/mol. The third kappa shape index (κ3) is 3.72. The molecule has 2 aromatic heterocycles. The molecule has 0 atom stereocenters. The summed E-state index contributed by atoms with van der Waals surface area (Å²) in [5, 5.41) is 14.5. The molecule has 8 nitrogen and oxygen atoms in total. The molecule has 0 bridgehead atoms. The van der Waals surface area contributed by atoms with E-state index in [0.29, 0.717) is 25.7 Å². The molecule has 0 spiro atoms. The summed E-state index contributed by atoms with van der Waals surface area (Å²) in [7, 11) is 0. The molecule has 2 aromatic rings. The molecular weight excluding hydrogens is 318 g/mol. The molecule has 0 saturated heterocycles. The van der Waals surface area contributed by atoms with Gasteiger partial charge in [0.1, 0.15) is 11.6 Å². The second-order valence-electron chi connectivity index (χ2n) is 6.69. The van der Waals surface area contributed by atoms with Gasteiger partial charge >= 0.3 is 6.03 Å². The minimum atomic E-state index is 0.0582. The van der Waals surface area contributed by atoms with E-state index in [9.17, 15) is 4.79 Å². The van der Waals surface area contributed by atoms with Crippen LogP contribution in [0.15, 0.2) is 18.3 Å². The first kappa shape index (κ1) is 15.9. The fourth-order valence-electron chi connectivity index (χ4n) is 3.01. The van der Waals surface area contributed by atoms with Crippen LogP contribution in [-0.4, -0.2) is 49.8 Å². The first-order valence-corrected chi connectivity index (χ1v) is 8.82. The maximum Gasteiger partial charge on any atom is 0.317 e. The number of nitrogens with zero attached hydrogens (tertiary/aromatic N) is 5. The number of nitrogens with one attached hydrogen (secondary N) is 2. The Morgan fingerprint density at radius 1 is 1.24 bits per heavy atom. The van der Waals surface area contributed by atoms with Crippen LogP contribution in [0.5, 0.6) is 0 Å². The van der Waals surface area contributed by atoms with E-state index in [-0.39, 0.29) is 6.03 Å². The van der Waals surface area contributed by atoms with E-state index in [4.69, 9.17) is 0 Å². The Morgan fingerprint density at radius 2 is 2.12 bits per heavy atom. The molecule has 1 saturated carbocycles. The number of urea groups is 1. The summed E-state index contributed by atoms with van der Waals surface area (Å²) in [6.45, 7) is 4.74. The number of hydrogen-bond donors (Lipinski definition) is 2. The zero-order valence-electron chi connectivity index (χ0n) is 14.4. The SMILES string of the molecule is Cc1ccc(NCc2cnc3n2CCN(C(=O)NC2CC2)CC3)nn1. The molecule has 0 radical (unpaired) electrons. The zero-order chi connectivity index (χ0) is 17.2. The van der Waals surface area contributed by atoms with Gasteiger partial charge in [0.15, 0.2) is 0 Å². The summed E-state index contributed by atoms with van der Waals surface area (Å²) in [6.07, 6.45) is 4.91. The molecule has 2 N–H and O–H groups in total. The largest absolute Gasteiger partial charge is 0.363 e. The van der Waals surface area contributed by atoms with Gasteiger partial charge in [-0.15, -0.1) is 5.10 Å². The number of imidazole rings is 1. The maximum absolute atomic E-state index is 12.3. The summed E-state index contributed by atoms with van der Waals surface area (Å²) >= 11 is 0. The van der Waals surface area contributed by atoms with Crippen LogP contribution in [0.2, 0.25) is 0 Å². The van der Waals surface area contributed by atoms with Crippen LogP contribution in [-0.2, 0) is 19.5 Å². The van der Waals surface area contributed by atoms with Crippen LogP contribution < -0.4 is 10.6 Å². The van der Waals surface area contributed by atoms with Gasteiger partial charge in [-0.3, -0.25) is 0 Å². The van der Waals surface area contributed by atoms with Crippen molar-refractivity contribution < 1.29 is 4.79 Å². The van der Waals surface area contributed by atoms with E-state index in [1.54, 1.807) is 0 Å². The topological polar surface area (TPSA) is 88.0 Å². The van der Waals surface area contributed by atoms with E-state index in [2.05, 4.69) is 30.4 Å². The third-order valence-electron chi connectivity index (χ3n) is 4.66. The van der Waals surface area contributed by atoms with Crippen LogP contribution in [0.25, 0.3) is 0 Å². The van der Waals surface area contributed by atoms with Gasteiger partial charge in [0, 0.05) is 32.1 Å². The molecular formula is C17H23N7O. The lowest BCUT2D eigenvalue weighted by Gasteiger charge is -2.20. The quantitative estimate of drug-likeness (QED) is 0.876. The van der Waals surface area contributed by atoms with E-state index in [1.807, 2.05) is 30.2 Å². The monoisotopic (exact) mass is 341 g/mol. The molecule has 0 aromatic carbocycles. The number of aromatic nitrogens is 4. The second-order valence-corrected chi connectivity index (χ2v) is 6.69. The number of hydrogen-bond acceptors (Lipinski definition) is 5. The highest BCUT2D eigenvalue weighted by Crippen LogP contribution is 2.19. The summed E-state index contributed by atoms with van der Waals surface area (Å²) in [6, 6.07) is 4.31. The first-order valence-electron chi connectivity index (χ1n) is 8.82. The van der Waals surface area contributed by atoms with E-state index in [1.165, 1.54) is 0 Å². The third-order valence-corrected chi connectivity index (χ3v) is 4.66. The standard InChI is InChI=1S/C17H23N7O/c1-12-2-5-15(22-21-12)18-10-14-11-19-16-6-7-23(8-9-24(14)16)17(25)20-13-3-4-13/h2,5,11,13H,3-4,6-10H2,1H3,(H,18,22)(H,20,25). The highest BCUT2D eigenvalue weighted by molar-refractivity contribution is 5.74. The van der Waals surface area contributed by atoms with Crippen molar-refractivity contribution >= 4 is 11.8 Å². The van der Waals surface area contributed by atoms with Crippen molar-refractivity contribution in [3.8, 4) is 0 Å². The van der Waals surface area contributed by atoms with Gasteiger partial charge in [-0.2, -0.15) is 5.10 Å². The van der Waals surface area contributed by atoms with Gasteiger partial charge in [-0.1, -0.05) is 0 Å². The fourth-order valence-corrected chi connectivity index (χ4v) is 3.01. The lowest BCUT2D eigenvalue weighted by molar-refractivity contribution is 0.198. The highest BCUT2D eigenvalue weighted by atomic mass is 16.2. The van der Waals surface area contributed by atoms with Crippen LogP contribution in [0.1, 0.15) is 30.1 Å². The summed E-state index contributed by atoms with van der Waals surface area (Å²) < 4.78 is 2.21. The summed E-state index contributed by atoms with van der Waals surface area (Å²) in [5.41, 5.74) is 2.00. The van der Waals surface area contributed by atoms with Crippen LogP contribution in [0, 0.1) is 6.92 Å². The normalized spacial score (nSPS) is 16.9. The van der Waals surface area contributed by atoms with Gasteiger partial charge in [-0.25, -0.2) is 9.78 Å². The number of carbonyl (C=O) groups is 1. The smallest absolute Gasteiger partial charge is 0.317 e. The van der Waals surface area contributed by atoms with Crippen LogP contribution in [0.3, 0.4) is 0 Å². The van der Waals surface area contributed by atoms with Gasteiger partial charge in [0.2, 0.25) is 0 Å². The number of carbonyl (C=O) groups excluding carboxylic acids is 1. The Morgan fingerprint density at radius 3 is 2.88 bits per heavy atom. The fraction of sp³-hybridized carbons (Fsp3) is 0.529. The van der Waals surface area contributed by atoms with E-state index in [0.717, 1.165) is 48.8 Å². The van der Waals surface area contributed by atoms with E-state index < -0.39 is 0 Å². The number of amides is 2. The predicted octanol–water partition coefficient (Wildman–Crippen LogP) is 1.32. The number of rotatable bonds is 4.